The summed E-state index contributed by atoms with van der Waals surface area (Å²) in [5.74, 6) is 0.228. The highest BCUT2D eigenvalue weighted by atomic mass is 35.5. The molecular formula is C19H12Cl2N2O2S2. The Morgan fingerprint density at radius 1 is 1.11 bits per heavy atom. The Morgan fingerprint density at radius 2 is 1.89 bits per heavy atom. The molecule has 1 amide bonds. The smallest absolute Gasteiger partial charge is 0.269 e. The molecule has 2 aromatic carbocycles. The number of fused-ring (bicyclic) bond motifs is 1. The van der Waals surface area contributed by atoms with E-state index in [-0.39, 0.29) is 5.91 Å². The molecular weight excluding hydrogens is 423 g/mol. The molecule has 8 heteroatoms. The van der Waals surface area contributed by atoms with Crippen molar-refractivity contribution in [3.8, 4) is 17.0 Å². The number of thiophene rings is 1. The third-order valence-corrected chi connectivity index (χ3v) is 6.89. The number of ether oxygens (including phenoxy) is 1. The van der Waals surface area contributed by atoms with E-state index in [4.69, 9.17) is 27.9 Å². The number of hydrogen-bond acceptors (Lipinski definition) is 5. The van der Waals surface area contributed by atoms with Gasteiger partial charge < -0.3 is 4.74 Å². The van der Waals surface area contributed by atoms with Crippen LogP contribution in [0.3, 0.4) is 0 Å². The van der Waals surface area contributed by atoms with Gasteiger partial charge in [-0.3, -0.25) is 10.1 Å². The first kappa shape index (κ1) is 18.3. The minimum atomic E-state index is -0.315. The van der Waals surface area contributed by atoms with Crippen molar-refractivity contribution in [3.63, 3.8) is 0 Å². The number of thiazole rings is 1. The fourth-order valence-corrected chi connectivity index (χ4v) is 5.12. The van der Waals surface area contributed by atoms with Crippen LogP contribution in [0.2, 0.25) is 10.0 Å². The number of methoxy groups -OCH3 is 1. The van der Waals surface area contributed by atoms with E-state index in [0.29, 0.717) is 25.8 Å². The average Bonchev–Trinajstić information content (AvgIpc) is 3.28. The largest absolute Gasteiger partial charge is 0.495 e. The lowest BCUT2D eigenvalue weighted by Gasteiger charge is -2.02. The van der Waals surface area contributed by atoms with Crippen LogP contribution in [-0.4, -0.2) is 18.0 Å². The van der Waals surface area contributed by atoms with E-state index < -0.39 is 0 Å². The molecule has 0 aliphatic rings. The van der Waals surface area contributed by atoms with Crippen LogP contribution in [-0.2, 0) is 0 Å². The number of anilines is 1. The van der Waals surface area contributed by atoms with E-state index in [2.05, 4.69) is 10.3 Å². The van der Waals surface area contributed by atoms with Gasteiger partial charge in [0, 0.05) is 16.3 Å². The van der Waals surface area contributed by atoms with Gasteiger partial charge in [0.05, 0.1) is 22.5 Å². The standard InChI is InChI=1S/C19H12Cl2N2O2S2/c1-25-13-8-7-11-14(20)17(27-16(11)15(13)21)18(24)23-19-22-12(9-26-19)10-5-3-2-4-6-10/h2-9H,1H3,(H,22,23,24). The van der Waals surface area contributed by atoms with Crippen LogP contribution < -0.4 is 10.1 Å². The molecule has 0 saturated heterocycles. The molecule has 1 N–H and O–H groups in total. The van der Waals surface area contributed by atoms with Crippen molar-refractivity contribution in [2.75, 3.05) is 12.4 Å². The molecule has 0 aliphatic carbocycles. The molecule has 0 radical (unpaired) electrons. The first-order valence-corrected chi connectivity index (χ1v) is 10.3. The highest BCUT2D eigenvalue weighted by molar-refractivity contribution is 7.22. The summed E-state index contributed by atoms with van der Waals surface area (Å²) in [6, 6.07) is 13.3. The van der Waals surface area contributed by atoms with Crippen LogP contribution >= 0.6 is 45.9 Å². The van der Waals surface area contributed by atoms with Crippen molar-refractivity contribution in [1.82, 2.24) is 4.98 Å². The van der Waals surface area contributed by atoms with Gasteiger partial charge in [-0.1, -0.05) is 53.5 Å². The third kappa shape index (κ3) is 3.41. The molecule has 4 rings (SSSR count). The van der Waals surface area contributed by atoms with Crippen molar-refractivity contribution in [2.45, 2.75) is 0 Å². The molecule has 0 saturated carbocycles. The van der Waals surface area contributed by atoms with Gasteiger partial charge in [0.25, 0.3) is 5.91 Å². The molecule has 0 bridgehead atoms. The summed E-state index contributed by atoms with van der Waals surface area (Å²) in [6.45, 7) is 0. The topological polar surface area (TPSA) is 51.2 Å². The van der Waals surface area contributed by atoms with Crippen molar-refractivity contribution in [1.29, 1.82) is 0 Å². The lowest BCUT2D eigenvalue weighted by molar-refractivity contribution is 0.103. The summed E-state index contributed by atoms with van der Waals surface area (Å²) >= 11 is 15.4. The second-order valence-electron chi connectivity index (χ2n) is 5.56. The van der Waals surface area contributed by atoms with Crippen LogP contribution in [0.15, 0.2) is 47.8 Å². The Bertz CT molecular complexity index is 1140. The Morgan fingerprint density at radius 3 is 2.63 bits per heavy atom. The average molecular weight is 435 g/mol. The van der Waals surface area contributed by atoms with E-state index in [9.17, 15) is 4.79 Å². The summed E-state index contributed by atoms with van der Waals surface area (Å²) in [6.07, 6.45) is 0. The molecule has 0 aliphatic heterocycles. The zero-order valence-corrected chi connectivity index (χ0v) is 17.1. The van der Waals surface area contributed by atoms with Crippen LogP contribution in [0.5, 0.6) is 5.75 Å². The summed E-state index contributed by atoms with van der Waals surface area (Å²) in [5, 5.41) is 6.77. The normalized spacial score (nSPS) is 10.9. The van der Waals surface area contributed by atoms with Crippen molar-refractivity contribution < 1.29 is 9.53 Å². The number of carbonyl (C=O) groups is 1. The van der Waals surface area contributed by atoms with Gasteiger partial charge in [-0.25, -0.2) is 4.98 Å². The van der Waals surface area contributed by atoms with Crippen LogP contribution in [0.4, 0.5) is 5.13 Å². The molecule has 136 valence electrons. The van der Waals surface area contributed by atoms with Crippen molar-refractivity contribution in [3.05, 3.63) is 62.8 Å². The van der Waals surface area contributed by atoms with E-state index in [1.54, 1.807) is 19.2 Å². The lowest BCUT2D eigenvalue weighted by Crippen LogP contribution is -2.10. The highest BCUT2D eigenvalue weighted by Gasteiger charge is 2.21. The molecule has 27 heavy (non-hydrogen) atoms. The van der Waals surface area contributed by atoms with Gasteiger partial charge >= 0.3 is 0 Å². The fraction of sp³-hybridized carbons (Fsp3) is 0.0526. The summed E-state index contributed by atoms with van der Waals surface area (Å²) < 4.78 is 5.94. The Labute approximate surface area is 173 Å². The predicted octanol–water partition coefficient (Wildman–Crippen LogP) is 6.59. The van der Waals surface area contributed by atoms with Crippen LogP contribution in [0, 0.1) is 0 Å². The third-order valence-electron chi connectivity index (χ3n) is 3.92. The number of rotatable bonds is 4. The van der Waals surface area contributed by atoms with Crippen LogP contribution in [0.1, 0.15) is 9.67 Å². The zero-order valence-electron chi connectivity index (χ0n) is 14.0. The van der Waals surface area contributed by atoms with Gasteiger partial charge in [-0.15, -0.1) is 22.7 Å². The molecule has 0 unspecified atom stereocenters. The van der Waals surface area contributed by atoms with Gasteiger partial charge in [0.15, 0.2) is 5.13 Å². The Balaban J connectivity index is 1.63. The van der Waals surface area contributed by atoms with Gasteiger partial charge in [0.1, 0.15) is 15.6 Å². The van der Waals surface area contributed by atoms with Crippen molar-refractivity contribution in [2.24, 2.45) is 0 Å². The number of nitrogens with one attached hydrogen (secondary N) is 1. The van der Waals surface area contributed by atoms with Gasteiger partial charge in [-0.2, -0.15) is 0 Å². The SMILES string of the molecule is COc1ccc2c(Cl)c(C(=O)Nc3nc(-c4ccccc4)cs3)sc2c1Cl. The predicted molar refractivity (Wildman–Crippen MR) is 114 cm³/mol. The quantitative estimate of drug-likeness (QED) is 0.393. The summed E-state index contributed by atoms with van der Waals surface area (Å²) in [7, 11) is 1.54. The van der Waals surface area contributed by atoms with Gasteiger partial charge in [-0.05, 0) is 12.1 Å². The second kappa shape index (κ2) is 7.48. The summed E-state index contributed by atoms with van der Waals surface area (Å²) in [4.78, 5) is 17.6. The molecule has 4 aromatic rings. The maximum atomic E-state index is 12.7. The number of halogens is 2. The molecule has 2 heterocycles. The van der Waals surface area contributed by atoms with Crippen LogP contribution in [0.25, 0.3) is 21.3 Å². The number of amides is 1. The van der Waals surface area contributed by atoms with E-state index in [1.165, 1.54) is 22.7 Å². The number of benzene rings is 2. The minimum Gasteiger partial charge on any atom is -0.495 e. The number of carbonyl (C=O) groups excluding carboxylic acids is 1. The molecule has 0 spiro atoms. The minimum absolute atomic E-state index is 0.315. The Kier molecular flexibility index (Phi) is 5.06. The second-order valence-corrected chi connectivity index (χ2v) is 8.20. The maximum Gasteiger partial charge on any atom is 0.269 e. The molecule has 0 atom stereocenters. The van der Waals surface area contributed by atoms with Crippen molar-refractivity contribution >= 4 is 67.0 Å². The van der Waals surface area contributed by atoms with E-state index >= 15 is 0 Å². The lowest BCUT2D eigenvalue weighted by atomic mass is 10.2. The maximum absolute atomic E-state index is 12.7. The molecule has 2 aromatic heterocycles. The first-order chi connectivity index (χ1) is 13.1. The fourth-order valence-electron chi connectivity index (χ4n) is 2.61. The first-order valence-electron chi connectivity index (χ1n) is 7.85. The number of hydrogen-bond donors (Lipinski definition) is 1. The monoisotopic (exact) mass is 434 g/mol. The van der Waals surface area contributed by atoms with Gasteiger partial charge in [0.2, 0.25) is 0 Å². The Hall–Kier alpha value is -2.12. The molecule has 0 fully saturated rings. The summed E-state index contributed by atoms with van der Waals surface area (Å²) in [5.41, 5.74) is 1.80. The van der Waals surface area contributed by atoms with E-state index in [0.717, 1.165) is 21.3 Å². The van der Waals surface area contributed by atoms with E-state index in [1.807, 2.05) is 35.7 Å². The number of nitrogens with zero attached hydrogens (tertiary/aromatic N) is 1. The highest BCUT2D eigenvalue weighted by Crippen LogP contribution is 2.43. The zero-order chi connectivity index (χ0) is 19.0. The molecule has 4 nitrogen and oxygen atoms in total. The number of aromatic nitrogens is 1.